The molecular formula is C18H17ClN2O2. The first kappa shape index (κ1) is 15.6. The summed E-state index contributed by atoms with van der Waals surface area (Å²) < 4.78 is 0. The van der Waals surface area contributed by atoms with Crippen LogP contribution in [0.2, 0.25) is 5.02 Å². The van der Waals surface area contributed by atoms with Crippen LogP contribution in [-0.4, -0.2) is 18.4 Å². The van der Waals surface area contributed by atoms with Gasteiger partial charge < -0.3 is 10.2 Å². The van der Waals surface area contributed by atoms with E-state index in [9.17, 15) is 9.59 Å². The molecule has 0 saturated carbocycles. The molecule has 2 amide bonds. The Hall–Kier alpha value is -2.33. The Morgan fingerprint density at radius 2 is 1.91 bits per heavy atom. The highest BCUT2D eigenvalue weighted by atomic mass is 35.5. The Morgan fingerprint density at radius 1 is 1.17 bits per heavy atom. The van der Waals surface area contributed by atoms with Crippen LogP contribution in [0.4, 0.5) is 11.4 Å². The molecule has 0 atom stereocenters. The van der Waals surface area contributed by atoms with Gasteiger partial charge in [0.2, 0.25) is 0 Å². The third kappa shape index (κ3) is 2.94. The quantitative estimate of drug-likeness (QED) is 0.815. The van der Waals surface area contributed by atoms with Crippen molar-refractivity contribution in [3.63, 3.8) is 0 Å². The number of carbonyl (C=O) groups is 2. The van der Waals surface area contributed by atoms with Crippen molar-refractivity contribution in [2.24, 2.45) is 0 Å². The fraction of sp³-hybridized carbons (Fsp3) is 0.222. The second-order valence-corrected chi connectivity index (χ2v) is 6.14. The molecule has 4 nitrogen and oxygen atoms in total. The molecule has 0 aliphatic carbocycles. The largest absolute Gasteiger partial charge is 0.316 e. The summed E-state index contributed by atoms with van der Waals surface area (Å²) in [5.74, 6) is -1.23. The highest BCUT2D eigenvalue weighted by molar-refractivity contribution is 6.45. The van der Waals surface area contributed by atoms with Gasteiger partial charge in [-0.25, -0.2) is 0 Å². The smallest absolute Gasteiger partial charge is 0.316 e. The Balaban J connectivity index is 1.81. The molecule has 3 rings (SSSR count). The summed E-state index contributed by atoms with van der Waals surface area (Å²) in [7, 11) is 0. The molecule has 0 radical (unpaired) electrons. The van der Waals surface area contributed by atoms with Crippen molar-refractivity contribution in [3.05, 3.63) is 58.1 Å². The van der Waals surface area contributed by atoms with E-state index in [4.69, 9.17) is 11.6 Å². The summed E-state index contributed by atoms with van der Waals surface area (Å²) >= 11 is 6.18. The summed E-state index contributed by atoms with van der Waals surface area (Å²) in [4.78, 5) is 26.3. The number of amides is 2. The van der Waals surface area contributed by atoms with Crippen LogP contribution < -0.4 is 10.2 Å². The molecule has 0 saturated heterocycles. The Bertz CT molecular complexity index is 778. The normalized spacial score (nSPS) is 12.9. The molecule has 0 unspecified atom stereocenters. The van der Waals surface area contributed by atoms with Gasteiger partial charge in [0.05, 0.1) is 10.7 Å². The molecule has 5 heteroatoms. The van der Waals surface area contributed by atoms with Crippen LogP contribution in [-0.2, 0) is 16.0 Å². The Morgan fingerprint density at radius 3 is 2.65 bits per heavy atom. The molecule has 0 fully saturated rings. The SMILES string of the molecule is Cc1cc(C)c(NC(=O)C(=O)N2CCc3ccccc32)c(Cl)c1. The van der Waals surface area contributed by atoms with E-state index >= 15 is 0 Å². The van der Waals surface area contributed by atoms with E-state index in [1.54, 1.807) is 6.07 Å². The number of carbonyl (C=O) groups excluding carboxylic acids is 2. The van der Waals surface area contributed by atoms with Crippen molar-refractivity contribution < 1.29 is 9.59 Å². The number of nitrogens with one attached hydrogen (secondary N) is 1. The predicted octanol–water partition coefficient (Wildman–Crippen LogP) is 3.48. The average Bonchev–Trinajstić information content (AvgIpc) is 2.93. The maximum Gasteiger partial charge on any atom is 0.316 e. The fourth-order valence-electron chi connectivity index (χ4n) is 2.91. The number of fused-ring (bicyclic) bond motifs is 1. The highest BCUT2D eigenvalue weighted by Gasteiger charge is 2.29. The van der Waals surface area contributed by atoms with Gasteiger partial charge in [0.25, 0.3) is 0 Å². The maximum absolute atomic E-state index is 12.5. The van der Waals surface area contributed by atoms with Crippen molar-refractivity contribution in [2.45, 2.75) is 20.3 Å². The van der Waals surface area contributed by atoms with Crippen molar-refractivity contribution >= 4 is 34.8 Å². The topological polar surface area (TPSA) is 49.4 Å². The summed E-state index contributed by atoms with van der Waals surface area (Å²) in [6.07, 6.45) is 0.763. The van der Waals surface area contributed by atoms with E-state index in [1.807, 2.05) is 44.2 Å². The fourth-order valence-corrected chi connectivity index (χ4v) is 3.28. The van der Waals surface area contributed by atoms with Crippen LogP contribution in [0.25, 0.3) is 0 Å². The molecule has 0 spiro atoms. The second-order valence-electron chi connectivity index (χ2n) is 5.73. The minimum atomic E-state index is -0.671. The van der Waals surface area contributed by atoms with Gasteiger partial charge in [-0.2, -0.15) is 0 Å². The molecule has 118 valence electrons. The van der Waals surface area contributed by atoms with Crippen molar-refractivity contribution in [1.29, 1.82) is 0 Å². The first-order valence-corrected chi connectivity index (χ1v) is 7.82. The highest BCUT2D eigenvalue weighted by Crippen LogP contribution is 2.29. The zero-order valence-corrected chi connectivity index (χ0v) is 13.8. The number of para-hydroxylation sites is 1. The zero-order chi connectivity index (χ0) is 16.6. The number of hydrogen-bond acceptors (Lipinski definition) is 2. The first-order valence-electron chi connectivity index (χ1n) is 7.45. The van der Waals surface area contributed by atoms with Crippen LogP contribution in [0.3, 0.4) is 0 Å². The third-order valence-corrected chi connectivity index (χ3v) is 4.29. The lowest BCUT2D eigenvalue weighted by Crippen LogP contribution is -2.38. The van der Waals surface area contributed by atoms with Gasteiger partial charge in [0.1, 0.15) is 0 Å². The van der Waals surface area contributed by atoms with Crippen LogP contribution in [0.15, 0.2) is 36.4 Å². The summed E-state index contributed by atoms with van der Waals surface area (Å²) in [6, 6.07) is 11.3. The van der Waals surface area contributed by atoms with Gasteiger partial charge >= 0.3 is 11.8 Å². The Kier molecular flexibility index (Phi) is 4.09. The Labute approximate surface area is 140 Å². The molecule has 0 aromatic heterocycles. The monoisotopic (exact) mass is 328 g/mol. The molecule has 1 heterocycles. The number of nitrogens with zero attached hydrogens (tertiary/aromatic N) is 1. The van der Waals surface area contributed by atoms with E-state index in [0.29, 0.717) is 17.3 Å². The third-order valence-electron chi connectivity index (χ3n) is 4.00. The first-order chi connectivity index (χ1) is 11.0. The molecule has 2 aromatic carbocycles. The minimum absolute atomic E-state index is 0.436. The van der Waals surface area contributed by atoms with Crippen molar-refractivity contribution in [2.75, 3.05) is 16.8 Å². The molecular weight excluding hydrogens is 312 g/mol. The zero-order valence-electron chi connectivity index (χ0n) is 13.0. The lowest BCUT2D eigenvalue weighted by molar-refractivity contribution is -0.134. The number of aryl methyl sites for hydroxylation is 2. The van der Waals surface area contributed by atoms with Gasteiger partial charge in [-0.05, 0) is 49.1 Å². The number of benzene rings is 2. The van der Waals surface area contributed by atoms with E-state index in [2.05, 4.69) is 5.32 Å². The molecule has 1 aliphatic heterocycles. The number of rotatable bonds is 1. The van der Waals surface area contributed by atoms with Gasteiger partial charge in [-0.15, -0.1) is 0 Å². The molecule has 1 N–H and O–H groups in total. The van der Waals surface area contributed by atoms with E-state index in [-0.39, 0.29) is 0 Å². The lowest BCUT2D eigenvalue weighted by Gasteiger charge is -2.18. The van der Waals surface area contributed by atoms with Crippen LogP contribution in [0, 0.1) is 13.8 Å². The van der Waals surface area contributed by atoms with E-state index < -0.39 is 11.8 Å². The number of hydrogen-bond donors (Lipinski definition) is 1. The maximum atomic E-state index is 12.5. The molecule has 2 aromatic rings. The predicted molar refractivity (Wildman–Crippen MR) is 92.1 cm³/mol. The molecule has 23 heavy (non-hydrogen) atoms. The summed E-state index contributed by atoms with van der Waals surface area (Å²) in [5.41, 5.74) is 4.21. The van der Waals surface area contributed by atoms with Crippen LogP contribution in [0.1, 0.15) is 16.7 Å². The average molecular weight is 329 g/mol. The van der Waals surface area contributed by atoms with Crippen molar-refractivity contribution in [3.8, 4) is 0 Å². The van der Waals surface area contributed by atoms with E-state index in [0.717, 1.165) is 28.8 Å². The number of halogens is 1. The standard InChI is InChI=1S/C18H17ClN2O2/c1-11-9-12(2)16(14(19)10-11)20-17(22)18(23)21-8-7-13-5-3-4-6-15(13)21/h3-6,9-10H,7-8H2,1-2H3,(H,20,22). The summed E-state index contributed by atoms with van der Waals surface area (Å²) in [5, 5.41) is 3.09. The van der Waals surface area contributed by atoms with Crippen molar-refractivity contribution in [1.82, 2.24) is 0 Å². The number of anilines is 2. The van der Waals surface area contributed by atoms with Gasteiger partial charge in [-0.1, -0.05) is 35.9 Å². The van der Waals surface area contributed by atoms with Crippen LogP contribution >= 0.6 is 11.6 Å². The lowest BCUT2D eigenvalue weighted by atomic mass is 10.1. The van der Waals surface area contributed by atoms with Crippen LogP contribution in [0.5, 0.6) is 0 Å². The molecule has 0 bridgehead atoms. The summed E-state index contributed by atoms with van der Waals surface area (Å²) in [6.45, 7) is 4.30. The minimum Gasteiger partial charge on any atom is -0.316 e. The van der Waals surface area contributed by atoms with Gasteiger partial charge in [0, 0.05) is 12.2 Å². The van der Waals surface area contributed by atoms with Gasteiger partial charge in [0.15, 0.2) is 0 Å². The second kappa shape index (κ2) is 6.05. The van der Waals surface area contributed by atoms with E-state index in [1.165, 1.54) is 4.90 Å². The van der Waals surface area contributed by atoms with Gasteiger partial charge in [-0.3, -0.25) is 9.59 Å². The molecule has 1 aliphatic rings.